The first-order chi connectivity index (χ1) is 15.3. The quantitative estimate of drug-likeness (QED) is 0.456. The molecule has 5 nitrogen and oxygen atoms in total. The summed E-state index contributed by atoms with van der Waals surface area (Å²) >= 11 is 5.83. The first kappa shape index (κ1) is 19.5. The minimum Gasteiger partial charge on any atom is -0.351 e. The van der Waals surface area contributed by atoms with Crippen molar-refractivity contribution in [2.24, 2.45) is 0 Å². The van der Waals surface area contributed by atoms with E-state index in [0.717, 1.165) is 29.3 Å². The number of benzene rings is 1. The van der Waals surface area contributed by atoms with Crippen LogP contribution in [0.2, 0.25) is 0 Å². The molecule has 4 heterocycles. The summed E-state index contributed by atoms with van der Waals surface area (Å²) < 4.78 is 2.13. The van der Waals surface area contributed by atoms with Crippen molar-refractivity contribution in [3.05, 3.63) is 108 Å². The number of thiocarbonyl (C=S) groups is 1. The van der Waals surface area contributed by atoms with Gasteiger partial charge in [-0.15, -0.1) is 0 Å². The molecule has 6 heteroatoms. The Hall–Kier alpha value is -3.51. The van der Waals surface area contributed by atoms with Gasteiger partial charge < -0.3 is 14.8 Å². The van der Waals surface area contributed by atoms with Crippen LogP contribution in [0.4, 0.5) is 5.69 Å². The van der Waals surface area contributed by atoms with E-state index in [1.54, 1.807) is 0 Å². The second-order valence-corrected chi connectivity index (χ2v) is 7.89. The van der Waals surface area contributed by atoms with E-state index in [1.807, 2.05) is 55.0 Å². The zero-order valence-corrected chi connectivity index (χ0v) is 18.0. The number of nitrogens with zero attached hydrogens (tertiary/aromatic N) is 4. The van der Waals surface area contributed by atoms with Gasteiger partial charge in [0.15, 0.2) is 5.11 Å². The Morgan fingerprint density at radius 2 is 1.68 bits per heavy atom. The molecular weight excluding hydrogens is 402 g/mol. The lowest BCUT2D eigenvalue weighted by Gasteiger charge is -2.29. The summed E-state index contributed by atoms with van der Waals surface area (Å²) in [7, 11) is 0. The Morgan fingerprint density at radius 3 is 2.35 bits per heavy atom. The lowest BCUT2D eigenvalue weighted by Crippen LogP contribution is -2.30. The van der Waals surface area contributed by atoms with Crippen molar-refractivity contribution in [3.8, 4) is 5.82 Å². The van der Waals surface area contributed by atoms with Crippen LogP contribution in [-0.4, -0.2) is 19.6 Å². The maximum absolute atomic E-state index is 5.83. The van der Waals surface area contributed by atoms with Crippen LogP contribution in [0.1, 0.15) is 36.0 Å². The van der Waals surface area contributed by atoms with E-state index in [2.05, 4.69) is 68.1 Å². The fourth-order valence-electron chi connectivity index (χ4n) is 4.17. The highest BCUT2D eigenvalue weighted by molar-refractivity contribution is 7.80. The highest BCUT2D eigenvalue weighted by Crippen LogP contribution is 2.42. The topological polar surface area (TPSA) is 46.0 Å². The van der Waals surface area contributed by atoms with Crippen molar-refractivity contribution in [1.82, 2.24) is 19.9 Å². The zero-order valence-electron chi connectivity index (χ0n) is 17.2. The van der Waals surface area contributed by atoms with E-state index in [1.165, 1.54) is 5.56 Å². The Labute approximate surface area is 187 Å². The van der Waals surface area contributed by atoms with E-state index in [0.29, 0.717) is 5.11 Å². The van der Waals surface area contributed by atoms with Crippen LogP contribution in [0.5, 0.6) is 0 Å². The molecular formula is C25H23N5S. The van der Waals surface area contributed by atoms with Gasteiger partial charge in [0.05, 0.1) is 11.7 Å². The van der Waals surface area contributed by atoms with E-state index in [4.69, 9.17) is 12.2 Å². The summed E-state index contributed by atoms with van der Waals surface area (Å²) in [6.07, 6.45) is 6.69. The van der Waals surface area contributed by atoms with Crippen molar-refractivity contribution in [3.63, 3.8) is 0 Å². The molecule has 0 saturated carbocycles. The van der Waals surface area contributed by atoms with Crippen molar-refractivity contribution in [2.75, 3.05) is 4.90 Å². The Bertz CT molecular complexity index is 1170. The van der Waals surface area contributed by atoms with Crippen molar-refractivity contribution in [1.29, 1.82) is 0 Å². The van der Waals surface area contributed by atoms with Gasteiger partial charge in [0.1, 0.15) is 11.9 Å². The molecule has 2 atom stereocenters. The smallest absolute Gasteiger partial charge is 0.174 e. The highest BCUT2D eigenvalue weighted by Gasteiger charge is 2.42. The van der Waals surface area contributed by atoms with E-state index < -0.39 is 0 Å². The molecule has 0 aliphatic carbocycles. The standard InChI is InChI=1S/C25H23N5S/c1-2-18-11-13-19(14-12-18)30-24(23(28-25(30)31)20-8-3-5-15-26-20)21-9-7-17-29(21)22-10-4-6-16-27-22/h3-17,23-24H,2H2,1H3,(H,28,31). The third kappa shape index (κ3) is 3.59. The minimum atomic E-state index is -0.0862. The molecule has 0 spiro atoms. The monoisotopic (exact) mass is 425 g/mol. The molecule has 1 aliphatic rings. The van der Waals surface area contributed by atoms with Gasteiger partial charge in [-0.3, -0.25) is 4.98 Å². The number of aromatic nitrogens is 3. The second-order valence-electron chi connectivity index (χ2n) is 7.51. The average Bonchev–Trinajstić information content (AvgIpc) is 3.44. The molecule has 1 saturated heterocycles. The first-order valence-electron chi connectivity index (χ1n) is 10.4. The summed E-state index contributed by atoms with van der Waals surface area (Å²) in [6.45, 7) is 2.16. The van der Waals surface area contributed by atoms with Gasteiger partial charge in [-0.05, 0) is 72.7 Å². The largest absolute Gasteiger partial charge is 0.351 e. The molecule has 5 rings (SSSR count). The predicted molar refractivity (Wildman–Crippen MR) is 127 cm³/mol. The van der Waals surface area contributed by atoms with E-state index in [9.17, 15) is 0 Å². The number of pyridine rings is 2. The molecule has 0 radical (unpaired) electrons. The number of nitrogens with one attached hydrogen (secondary N) is 1. The van der Waals surface area contributed by atoms with Crippen LogP contribution in [0.25, 0.3) is 5.82 Å². The maximum atomic E-state index is 5.83. The summed E-state index contributed by atoms with van der Waals surface area (Å²) in [4.78, 5) is 11.4. The summed E-state index contributed by atoms with van der Waals surface area (Å²) in [5.74, 6) is 0.876. The van der Waals surface area contributed by atoms with Crippen LogP contribution in [0.15, 0.2) is 91.4 Å². The molecule has 2 unspecified atom stereocenters. The predicted octanol–water partition coefficient (Wildman–Crippen LogP) is 5.01. The molecule has 1 fully saturated rings. The average molecular weight is 426 g/mol. The van der Waals surface area contributed by atoms with E-state index >= 15 is 0 Å². The Kier molecular flexibility index (Phi) is 5.22. The van der Waals surface area contributed by atoms with Crippen LogP contribution in [-0.2, 0) is 6.42 Å². The fourth-order valence-corrected chi connectivity index (χ4v) is 4.51. The number of anilines is 1. The highest BCUT2D eigenvalue weighted by atomic mass is 32.1. The lowest BCUT2D eigenvalue weighted by molar-refractivity contribution is 0.548. The van der Waals surface area contributed by atoms with Crippen molar-refractivity contribution in [2.45, 2.75) is 25.4 Å². The van der Waals surface area contributed by atoms with Crippen LogP contribution < -0.4 is 10.2 Å². The molecule has 1 aliphatic heterocycles. The molecule has 1 aromatic carbocycles. The number of aryl methyl sites for hydroxylation is 1. The van der Waals surface area contributed by atoms with Gasteiger partial charge in [-0.1, -0.05) is 31.2 Å². The molecule has 3 aromatic heterocycles. The summed E-state index contributed by atoms with van der Waals surface area (Å²) in [5, 5.41) is 4.22. The van der Waals surface area contributed by atoms with Crippen LogP contribution in [0, 0.1) is 0 Å². The van der Waals surface area contributed by atoms with Gasteiger partial charge in [0.25, 0.3) is 0 Å². The zero-order chi connectivity index (χ0) is 21.2. The van der Waals surface area contributed by atoms with Crippen molar-refractivity contribution >= 4 is 23.0 Å². The SMILES string of the molecule is CCc1ccc(N2C(=S)NC(c3ccccn3)C2c2cccn2-c2ccccn2)cc1. The van der Waals surface area contributed by atoms with Crippen molar-refractivity contribution < 1.29 is 0 Å². The molecule has 4 aromatic rings. The third-order valence-electron chi connectivity index (χ3n) is 5.70. The lowest BCUT2D eigenvalue weighted by atomic mass is 10.0. The summed E-state index contributed by atoms with van der Waals surface area (Å²) in [6, 6.07) is 24.6. The Balaban J connectivity index is 1.65. The first-order valence-corrected chi connectivity index (χ1v) is 10.9. The second kappa shape index (κ2) is 8.32. The molecule has 0 amide bonds. The summed E-state index contributed by atoms with van der Waals surface area (Å²) in [5.41, 5.74) is 4.42. The van der Waals surface area contributed by atoms with Gasteiger partial charge in [0, 0.05) is 30.0 Å². The molecule has 31 heavy (non-hydrogen) atoms. The fraction of sp³-hybridized carbons (Fsp3) is 0.160. The van der Waals surface area contributed by atoms with Gasteiger partial charge in [-0.2, -0.15) is 0 Å². The molecule has 0 bridgehead atoms. The third-order valence-corrected chi connectivity index (χ3v) is 6.01. The van der Waals surface area contributed by atoms with E-state index in [-0.39, 0.29) is 12.1 Å². The number of hydrogen-bond acceptors (Lipinski definition) is 3. The number of rotatable bonds is 5. The van der Waals surface area contributed by atoms with Gasteiger partial charge in [-0.25, -0.2) is 4.98 Å². The van der Waals surface area contributed by atoms with Gasteiger partial charge >= 0.3 is 0 Å². The van der Waals surface area contributed by atoms with Gasteiger partial charge in [0.2, 0.25) is 0 Å². The molecule has 154 valence electrons. The Morgan fingerprint density at radius 1 is 0.903 bits per heavy atom. The normalized spacial score (nSPS) is 18.2. The van der Waals surface area contributed by atoms with Crippen LogP contribution >= 0.6 is 12.2 Å². The maximum Gasteiger partial charge on any atom is 0.174 e. The number of hydrogen-bond donors (Lipinski definition) is 1. The minimum absolute atomic E-state index is 0.0770. The molecule has 1 N–H and O–H groups in total. The van der Waals surface area contributed by atoms with Crippen LogP contribution in [0.3, 0.4) is 0 Å².